The van der Waals surface area contributed by atoms with E-state index in [9.17, 15) is 9.59 Å². The van der Waals surface area contributed by atoms with Crippen LogP contribution in [0, 0.1) is 5.92 Å². The Hall–Kier alpha value is -2.04. The fraction of sp³-hybridized carbons (Fsp3) is 0.529. The Balaban J connectivity index is 1.67. The van der Waals surface area contributed by atoms with Gasteiger partial charge in [-0.3, -0.25) is 9.59 Å². The van der Waals surface area contributed by atoms with Gasteiger partial charge in [0.1, 0.15) is 5.75 Å². The second kappa shape index (κ2) is 8.41. The van der Waals surface area contributed by atoms with E-state index >= 15 is 0 Å². The van der Waals surface area contributed by atoms with Gasteiger partial charge < -0.3 is 15.4 Å². The lowest BCUT2D eigenvalue weighted by molar-refractivity contribution is -0.129. The van der Waals surface area contributed by atoms with Crippen molar-refractivity contribution in [1.82, 2.24) is 10.6 Å². The van der Waals surface area contributed by atoms with Crippen molar-refractivity contribution in [2.45, 2.75) is 38.6 Å². The first-order valence-corrected chi connectivity index (χ1v) is 7.86. The highest BCUT2D eigenvalue weighted by atomic mass is 16.5. The summed E-state index contributed by atoms with van der Waals surface area (Å²) in [7, 11) is 1.62. The summed E-state index contributed by atoms with van der Waals surface area (Å²) >= 11 is 0. The smallest absolute Gasteiger partial charge is 0.239 e. The first kappa shape index (κ1) is 16.3. The zero-order chi connectivity index (χ0) is 15.8. The number of rotatable bonds is 6. The Bertz CT molecular complexity index is 493. The van der Waals surface area contributed by atoms with Crippen molar-refractivity contribution in [3.8, 4) is 5.75 Å². The molecule has 0 bridgehead atoms. The number of methoxy groups -OCH3 is 1. The van der Waals surface area contributed by atoms with Crippen LogP contribution in [0.25, 0.3) is 0 Å². The minimum absolute atomic E-state index is 0.0132. The lowest BCUT2D eigenvalue weighted by atomic mass is 9.89. The van der Waals surface area contributed by atoms with Crippen molar-refractivity contribution < 1.29 is 14.3 Å². The maximum Gasteiger partial charge on any atom is 0.239 e. The summed E-state index contributed by atoms with van der Waals surface area (Å²) in [5, 5.41) is 5.54. The monoisotopic (exact) mass is 304 g/mol. The molecule has 0 saturated heterocycles. The fourth-order valence-corrected chi connectivity index (χ4v) is 2.68. The minimum Gasteiger partial charge on any atom is -0.497 e. The molecule has 0 radical (unpaired) electrons. The summed E-state index contributed by atoms with van der Waals surface area (Å²) in [5.74, 6) is 0.720. The van der Waals surface area contributed by atoms with Crippen LogP contribution in [0.3, 0.4) is 0 Å². The van der Waals surface area contributed by atoms with E-state index < -0.39 is 0 Å². The highest BCUT2D eigenvalue weighted by Gasteiger charge is 2.21. The molecule has 120 valence electrons. The van der Waals surface area contributed by atoms with Gasteiger partial charge in [-0.15, -0.1) is 0 Å². The van der Waals surface area contributed by atoms with E-state index in [0.717, 1.165) is 37.0 Å². The van der Waals surface area contributed by atoms with Crippen molar-refractivity contribution in [1.29, 1.82) is 0 Å². The molecule has 0 aliphatic heterocycles. The molecule has 0 heterocycles. The summed E-state index contributed by atoms with van der Waals surface area (Å²) in [6.45, 7) is 0.494. The topological polar surface area (TPSA) is 67.4 Å². The lowest BCUT2D eigenvalue weighted by Gasteiger charge is -2.20. The Labute approximate surface area is 131 Å². The molecule has 2 N–H and O–H groups in total. The Morgan fingerprint density at radius 1 is 1.09 bits per heavy atom. The molecule has 1 saturated carbocycles. The van der Waals surface area contributed by atoms with Crippen molar-refractivity contribution in [2.24, 2.45) is 5.92 Å². The van der Waals surface area contributed by atoms with Crippen LogP contribution in [0.2, 0.25) is 0 Å². The molecular formula is C17H24N2O3. The van der Waals surface area contributed by atoms with Crippen LogP contribution in [-0.2, 0) is 16.1 Å². The third kappa shape index (κ3) is 5.06. The van der Waals surface area contributed by atoms with Gasteiger partial charge in [0.25, 0.3) is 0 Å². The average molecular weight is 304 g/mol. The van der Waals surface area contributed by atoms with E-state index in [2.05, 4.69) is 10.6 Å². The Morgan fingerprint density at radius 3 is 2.41 bits per heavy atom. The molecule has 0 spiro atoms. The average Bonchev–Trinajstić information content (AvgIpc) is 2.59. The van der Waals surface area contributed by atoms with Crippen LogP contribution in [-0.4, -0.2) is 25.5 Å². The van der Waals surface area contributed by atoms with Crippen LogP contribution < -0.4 is 15.4 Å². The van der Waals surface area contributed by atoms with Gasteiger partial charge in [0.2, 0.25) is 11.8 Å². The molecule has 22 heavy (non-hydrogen) atoms. The van der Waals surface area contributed by atoms with Gasteiger partial charge >= 0.3 is 0 Å². The molecule has 1 fully saturated rings. The fourth-order valence-electron chi connectivity index (χ4n) is 2.68. The predicted molar refractivity (Wildman–Crippen MR) is 84.4 cm³/mol. The van der Waals surface area contributed by atoms with Gasteiger partial charge in [-0.05, 0) is 30.5 Å². The van der Waals surface area contributed by atoms with E-state index in [1.807, 2.05) is 24.3 Å². The molecule has 0 unspecified atom stereocenters. The number of amides is 2. The molecule has 1 aromatic rings. The predicted octanol–water partition coefficient (Wildman–Crippen LogP) is 2.01. The zero-order valence-electron chi connectivity index (χ0n) is 13.1. The van der Waals surface area contributed by atoms with Crippen molar-refractivity contribution in [2.75, 3.05) is 13.7 Å². The normalized spacial score (nSPS) is 15.1. The molecule has 5 nitrogen and oxygen atoms in total. The van der Waals surface area contributed by atoms with Gasteiger partial charge in [0, 0.05) is 12.5 Å². The number of ether oxygens (including phenoxy) is 1. The highest BCUT2D eigenvalue weighted by Crippen LogP contribution is 2.23. The van der Waals surface area contributed by atoms with Gasteiger partial charge in [-0.25, -0.2) is 0 Å². The Morgan fingerprint density at radius 2 is 1.77 bits per heavy atom. The van der Waals surface area contributed by atoms with Crippen LogP contribution in [0.5, 0.6) is 5.75 Å². The van der Waals surface area contributed by atoms with Crippen LogP contribution in [0.4, 0.5) is 0 Å². The Kier molecular flexibility index (Phi) is 6.25. The first-order chi connectivity index (χ1) is 10.7. The molecule has 2 rings (SSSR count). The summed E-state index contributed by atoms with van der Waals surface area (Å²) < 4.78 is 5.08. The van der Waals surface area contributed by atoms with Crippen LogP contribution in [0.15, 0.2) is 24.3 Å². The summed E-state index contributed by atoms with van der Waals surface area (Å²) in [6, 6.07) is 7.51. The number of hydrogen-bond donors (Lipinski definition) is 2. The SMILES string of the molecule is COc1ccc(CNC(=O)CNC(=O)C2CCCCC2)cc1. The number of hydrogen-bond acceptors (Lipinski definition) is 3. The third-order valence-corrected chi connectivity index (χ3v) is 4.05. The summed E-state index contributed by atoms with van der Waals surface area (Å²) in [4.78, 5) is 23.7. The molecule has 1 aromatic carbocycles. The molecule has 0 atom stereocenters. The third-order valence-electron chi connectivity index (χ3n) is 4.05. The molecule has 2 amide bonds. The van der Waals surface area contributed by atoms with E-state index in [1.165, 1.54) is 6.42 Å². The van der Waals surface area contributed by atoms with E-state index in [4.69, 9.17) is 4.74 Å². The number of carbonyl (C=O) groups is 2. The highest BCUT2D eigenvalue weighted by molar-refractivity contribution is 5.85. The van der Waals surface area contributed by atoms with Crippen molar-refractivity contribution >= 4 is 11.8 Å². The second-order valence-corrected chi connectivity index (χ2v) is 5.68. The molecule has 1 aliphatic carbocycles. The van der Waals surface area contributed by atoms with E-state index in [1.54, 1.807) is 7.11 Å². The van der Waals surface area contributed by atoms with Gasteiger partial charge in [0.05, 0.1) is 13.7 Å². The maximum absolute atomic E-state index is 11.9. The summed E-state index contributed by atoms with van der Waals surface area (Å²) in [6.07, 6.45) is 5.33. The van der Waals surface area contributed by atoms with Gasteiger partial charge in [0.15, 0.2) is 0 Å². The largest absolute Gasteiger partial charge is 0.497 e. The van der Waals surface area contributed by atoms with Crippen LogP contribution >= 0.6 is 0 Å². The quantitative estimate of drug-likeness (QED) is 0.845. The van der Waals surface area contributed by atoms with Gasteiger partial charge in [-0.2, -0.15) is 0 Å². The van der Waals surface area contributed by atoms with E-state index in [0.29, 0.717) is 6.54 Å². The molecule has 1 aliphatic rings. The molecular weight excluding hydrogens is 280 g/mol. The number of benzene rings is 1. The molecule has 5 heteroatoms. The zero-order valence-corrected chi connectivity index (χ0v) is 13.1. The van der Waals surface area contributed by atoms with Crippen molar-refractivity contribution in [3.63, 3.8) is 0 Å². The number of carbonyl (C=O) groups excluding carboxylic acids is 2. The van der Waals surface area contributed by atoms with Gasteiger partial charge in [-0.1, -0.05) is 31.4 Å². The number of nitrogens with one attached hydrogen (secondary N) is 2. The van der Waals surface area contributed by atoms with Crippen LogP contribution in [0.1, 0.15) is 37.7 Å². The van der Waals surface area contributed by atoms with E-state index in [-0.39, 0.29) is 24.3 Å². The summed E-state index contributed by atoms with van der Waals surface area (Å²) in [5.41, 5.74) is 0.993. The molecule has 0 aromatic heterocycles. The second-order valence-electron chi connectivity index (χ2n) is 5.68. The maximum atomic E-state index is 11.9. The standard InChI is InChI=1S/C17H24N2O3/c1-22-15-9-7-13(8-10-15)11-18-16(20)12-19-17(21)14-5-3-2-4-6-14/h7-10,14H,2-6,11-12H2,1H3,(H,18,20)(H,19,21). The lowest BCUT2D eigenvalue weighted by Crippen LogP contribution is -2.39. The first-order valence-electron chi connectivity index (χ1n) is 7.86. The van der Waals surface area contributed by atoms with Crippen molar-refractivity contribution in [3.05, 3.63) is 29.8 Å². The minimum atomic E-state index is -0.167.